The van der Waals surface area contributed by atoms with Crippen LogP contribution in [-0.4, -0.2) is 32.9 Å². The van der Waals surface area contributed by atoms with Gasteiger partial charge < -0.3 is 10.2 Å². The Morgan fingerprint density at radius 3 is 2.33 bits per heavy atom. The average Bonchev–Trinajstić information content (AvgIpc) is 2.83. The van der Waals surface area contributed by atoms with Crippen molar-refractivity contribution in [2.45, 2.75) is 30.8 Å². The van der Waals surface area contributed by atoms with Crippen molar-refractivity contribution >= 4 is 21.7 Å². The highest BCUT2D eigenvalue weighted by Gasteiger charge is 2.26. The standard InChI is InChI=1S/C25H28N4O3S/c1-19(20-9-5-3-6-10-20)26-25(30)29(27-33(31,32)24-11-7-4-8-12-24)23-14-13-22-18-28(2)16-15-21(22)17-23/h3-14,17,19,27H,15-16,18H2,1-2H3,(H,26,30)/t19-/m0/s1. The summed E-state index contributed by atoms with van der Waals surface area (Å²) in [4.78, 5) is 18.1. The first-order valence-electron chi connectivity index (χ1n) is 10.9. The molecule has 2 N–H and O–H groups in total. The zero-order valence-corrected chi connectivity index (χ0v) is 19.5. The topological polar surface area (TPSA) is 81.8 Å². The zero-order chi connectivity index (χ0) is 23.4. The van der Waals surface area contributed by atoms with Crippen LogP contribution in [0.1, 0.15) is 29.7 Å². The molecule has 1 aliphatic heterocycles. The third-order valence-corrected chi connectivity index (χ3v) is 7.07. The number of nitrogens with zero attached hydrogens (tertiary/aromatic N) is 2. The second-order valence-corrected chi connectivity index (χ2v) is 9.93. The number of likely N-dealkylation sites (N-methyl/N-ethyl adjacent to an activating group) is 1. The molecule has 4 rings (SSSR count). The van der Waals surface area contributed by atoms with Crippen molar-refractivity contribution in [2.24, 2.45) is 0 Å². The molecular weight excluding hydrogens is 436 g/mol. The largest absolute Gasteiger partial charge is 0.337 e. The Kier molecular flexibility index (Phi) is 6.78. The number of hydrogen-bond acceptors (Lipinski definition) is 4. The Labute approximate surface area is 195 Å². The summed E-state index contributed by atoms with van der Waals surface area (Å²) in [6.45, 7) is 3.59. The third-order valence-electron chi connectivity index (χ3n) is 5.76. The van der Waals surface area contributed by atoms with Crippen LogP contribution in [0.5, 0.6) is 0 Å². The van der Waals surface area contributed by atoms with Crippen LogP contribution >= 0.6 is 0 Å². The number of carbonyl (C=O) groups is 1. The van der Waals surface area contributed by atoms with Crippen molar-refractivity contribution in [1.82, 2.24) is 15.0 Å². The lowest BCUT2D eigenvalue weighted by atomic mass is 9.99. The quantitative estimate of drug-likeness (QED) is 0.543. The van der Waals surface area contributed by atoms with Crippen LogP contribution in [0.3, 0.4) is 0 Å². The Morgan fingerprint density at radius 2 is 1.64 bits per heavy atom. The van der Waals surface area contributed by atoms with Gasteiger partial charge in [0.1, 0.15) is 0 Å². The first-order valence-corrected chi connectivity index (χ1v) is 12.4. The molecule has 1 aliphatic rings. The summed E-state index contributed by atoms with van der Waals surface area (Å²) in [6.07, 6.45) is 0.834. The summed E-state index contributed by atoms with van der Waals surface area (Å²) in [7, 11) is -1.91. The molecule has 2 amide bonds. The number of rotatable bonds is 6. The molecule has 0 aliphatic carbocycles. The molecule has 0 spiro atoms. The molecular formula is C25H28N4O3S. The van der Waals surface area contributed by atoms with Crippen LogP contribution in [0.15, 0.2) is 83.8 Å². The molecule has 0 unspecified atom stereocenters. The van der Waals surface area contributed by atoms with E-state index in [1.54, 1.807) is 24.3 Å². The van der Waals surface area contributed by atoms with E-state index in [2.05, 4.69) is 22.1 Å². The third kappa shape index (κ3) is 5.42. The predicted octanol–water partition coefficient (Wildman–Crippen LogP) is 3.85. The second kappa shape index (κ2) is 9.74. The minimum Gasteiger partial charge on any atom is -0.330 e. The fraction of sp³-hybridized carbons (Fsp3) is 0.240. The molecule has 3 aromatic carbocycles. The number of urea groups is 1. The minimum atomic E-state index is -3.98. The van der Waals surface area contributed by atoms with E-state index in [9.17, 15) is 13.2 Å². The van der Waals surface area contributed by atoms with Crippen LogP contribution in [0, 0.1) is 0 Å². The molecule has 0 saturated carbocycles. The van der Waals surface area contributed by atoms with E-state index in [-0.39, 0.29) is 10.9 Å². The summed E-state index contributed by atoms with van der Waals surface area (Å²) in [6, 6.07) is 22.3. The maximum absolute atomic E-state index is 13.3. The van der Waals surface area contributed by atoms with Crippen molar-refractivity contribution in [3.05, 3.63) is 95.6 Å². The molecule has 1 atom stereocenters. The van der Waals surface area contributed by atoms with Crippen LogP contribution in [0.4, 0.5) is 10.5 Å². The normalized spacial score (nSPS) is 14.8. The number of nitrogens with one attached hydrogen (secondary N) is 2. The molecule has 7 nitrogen and oxygen atoms in total. The van der Waals surface area contributed by atoms with Gasteiger partial charge in [-0.3, -0.25) is 0 Å². The lowest BCUT2D eigenvalue weighted by Gasteiger charge is -2.29. The van der Waals surface area contributed by atoms with Crippen molar-refractivity contribution in [3.63, 3.8) is 0 Å². The molecule has 0 radical (unpaired) electrons. The zero-order valence-electron chi connectivity index (χ0n) is 18.7. The van der Waals surface area contributed by atoms with E-state index in [0.717, 1.165) is 35.6 Å². The Bertz CT molecular complexity index is 1220. The van der Waals surface area contributed by atoms with Gasteiger partial charge in [-0.2, -0.15) is 0 Å². The van der Waals surface area contributed by atoms with Gasteiger partial charge in [-0.25, -0.2) is 18.2 Å². The van der Waals surface area contributed by atoms with Gasteiger partial charge in [0, 0.05) is 13.1 Å². The second-order valence-electron chi connectivity index (χ2n) is 8.27. The molecule has 0 fully saturated rings. The first kappa shape index (κ1) is 23.0. The number of amides is 2. The summed E-state index contributed by atoms with van der Waals surface area (Å²) < 4.78 is 26.1. The summed E-state index contributed by atoms with van der Waals surface area (Å²) in [5.74, 6) is 0. The van der Waals surface area contributed by atoms with E-state index in [4.69, 9.17) is 0 Å². The summed E-state index contributed by atoms with van der Waals surface area (Å²) in [5, 5.41) is 3.99. The molecule has 8 heteroatoms. The Morgan fingerprint density at radius 1 is 0.970 bits per heavy atom. The van der Waals surface area contributed by atoms with Crippen molar-refractivity contribution in [3.8, 4) is 0 Å². The number of hydrogen-bond donors (Lipinski definition) is 2. The van der Waals surface area contributed by atoms with Gasteiger partial charge in [0.25, 0.3) is 10.0 Å². The highest BCUT2D eigenvalue weighted by molar-refractivity contribution is 7.89. The lowest BCUT2D eigenvalue weighted by molar-refractivity contribution is 0.242. The van der Waals surface area contributed by atoms with Crippen molar-refractivity contribution in [2.75, 3.05) is 18.6 Å². The summed E-state index contributed by atoms with van der Waals surface area (Å²) in [5.41, 5.74) is 3.68. The highest BCUT2D eigenvalue weighted by atomic mass is 32.2. The van der Waals surface area contributed by atoms with Crippen LogP contribution in [-0.2, 0) is 23.0 Å². The predicted molar refractivity (Wildman–Crippen MR) is 129 cm³/mol. The van der Waals surface area contributed by atoms with E-state index >= 15 is 0 Å². The van der Waals surface area contributed by atoms with E-state index in [0.29, 0.717) is 5.69 Å². The Balaban J connectivity index is 1.65. The van der Waals surface area contributed by atoms with Gasteiger partial charge in [0.15, 0.2) is 0 Å². The van der Waals surface area contributed by atoms with Crippen molar-refractivity contribution in [1.29, 1.82) is 0 Å². The summed E-state index contributed by atoms with van der Waals surface area (Å²) >= 11 is 0. The number of anilines is 1. The number of benzene rings is 3. The van der Waals surface area contributed by atoms with Gasteiger partial charge >= 0.3 is 6.03 Å². The van der Waals surface area contributed by atoms with E-state index < -0.39 is 16.1 Å². The minimum absolute atomic E-state index is 0.0819. The van der Waals surface area contributed by atoms with Gasteiger partial charge in [-0.05, 0) is 61.3 Å². The molecule has 0 saturated heterocycles. The fourth-order valence-electron chi connectivity index (χ4n) is 3.88. The number of sulfonamides is 1. The molecule has 0 bridgehead atoms. The van der Waals surface area contributed by atoms with Crippen LogP contribution in [0.25, 0.3) is 0 Å². The number of hydrazine groups is 1. The highest BCUT2D eigenvalue weighted by Crippen LogP contribution is 2.25. The molecule has 1 heterocycles. The smallest absolute Gasteiger partial charge is 0.330 e. The number of carbonyl (C=O) groups excluding carboxylic acids is 1. The van der Waals surface area contributed by atoms with Crippen LogP contribution in [0.2, 0.25) is 0 Å². The van der Waals surface area contributed by atoms with Gasteiger partial charge in [0.05, 0.1) is 16.6 Å². The van der Waals surface area contributed by atoms with E-state index in [1.165, 1.54) is 17.7 Å². The Hall–Kier alpha value is -3.20. The average molecular weight is 465 g/mol. The monoisotopic (exact) mass is 464 g/mol. The molecule has 0 aromatic heterocycles. The van der Waals surface area contributed by atoms with Crippen molar-refractivity contribution < 1.29 is 13.2 Å². The fourth-order valence-corrected chi connectivity index (χ4v) is 4.93. The molecule has 3 aromatic rings. The van der Waals surface area contributed by atoms with Gasteiger partial charge in [0.2, 0.25) is 0 Å². The molecule has 33 heavy (non-hydrogen) atoms. The van der Waals surface area contributed by atoms with Gasteiger partial charge in [-0.15, -0.1) is 4.83 Å². The van der Waals surface area contributed by atoms with Gasteiger partial charge in [-0.1, -0.05) is 54.6 Å². The maximum Gasteiger partial charge on any atom is 0.337 e. The lowest BCUT2D eigenvalue weighted by Crippen LogP contribution is -2.51. The molecule has 172 valence electrons. The maximum atomic E-state index is 13.3. The van der Waals surface area contributed by atoms with E-state index in [1.807, 2.05) is 49.4 Å². The SMILES string of the molecule is C[C@H](NC(=O)N(NS(=O)(=O)c1ccccc1)c1ccc2c(c1)CCN(C)C2)c1ccccc1. The number of fused-ring (bicyclic) bond motifs is 1. The van der Waals surface area contributed by atoms with Crippen LogP contribution < -0.4 is 15.2 Å². The first-order chi connectivity index (χ1) is 15.8.